The molecule has 0 radical (unpaired) electrons. The first-order valence-corrected chi connectivity index (χ1v) is 9.61. The Bertz CT molecular complexity index is 1010. The van der Waals surface area contributed by atoms with Crippen LogP contribution < -0.4 is 5.32 Å². The van der Waals surface area contributed by atoms with Crippen LogP contribution in [0.4, 0.5) is 0 Å². The number of carbonyl (C=O) groups excluding carboxylic acids is 2. The van der Waals surface area contributed by atoms with Crippen LogP contribution >= 0.6 is 0 Å². The highest BCUT2D eigenvalue weighted by Crippen LogP contribution is 2.20. The second kappa shape index (κ2) is 7.80. The van der Waals surface area contributed by atoms with Crippen LogP contribution in [-0.2, 0) is 0 Å². The fourth-order valence-corrected chi connectivity index (χ4v) is 3.60. The summed E-state index contributed by atoms with van der Waals surface area (Å²) in [4.78, 5) is 38.9. The summed E-state index contributed by atoms with van der Waals surface area (Å²) in [6.45, 7) is 3.31. The standard InChI is InChI=1S/C21H23N5O2/c1-14(15-5-6-17-16(13-15)7-8-22-17)25-20(27)18-19(24-10-9-23-18)21(28)26-11-3-2-4-12-26/h5-10,13-14,22H,2-4,11-12H2,1H3,(H,25,27)/t14-/m0/s1. The zero-order valence-corrected chi connectivity index (χ0v) is 15.8. The van der Waals surface area contributed by atoms with Gasteiger partial charge in [0.25, 0.3) is 11.8 Å². The SMILES string of the molecule is C[C@H](NC(=O)c1nccnc1C(=O)N1CCCCC1)c1ccc2[nH]ccc2c1. The monoisotopic (exact) mass is 377 g/mol. The smallest absolute Gasteiger partial charge is 0.274 e. The van der Waals surface area contributed by atoms with Gasteiger partial charge < -0.3 is 15.2 Å². The molecule has 1 aromatic carbocycles. The average Bonchev–Trinajstić information content (AvgIpc) is 3.21. The number of hydrogen-bond donors (Lipinski definition) is 2. The molecule has 144 valence electrons. The normalized spacial score (nSPS) is 15.4. The highest BCUT2D eigenvalue weighted by molar-refractivity contribution is 6.04. The fraction of sp³-hybridized carbons (Fsp3) is 0.333. The molecule has 0 aliphatic carbocycles. The first-order chi connectivity index (χ1) is 13.6. The maximum atomic E-state index is 12.9. The van der Waals surface area contributed by atoms with Gasteiger partial charge >= 0.3 is 0 Å². The molecule has 1 aliphatic rings. The number of nitrogens with zero attached hydrogens (tertiary/aromatic N) is 3. The molecule has 1 saturated heterocycles. The van der Waals surface area contributed by atoms with Crippen molar-refractivity contribution in [3.8, 4) is 0 Å². The van der Waals surface area contributed by atoms with E-state index in [1.807, 2.05) is 37.4 Å². The van der Waals surface area contributed by atoms with E-state index < -0.39 is 5.91 Å². The molecular weight excluding hydrogens is 354 g/mol. The lowest BCUT2D eigenvalue weighted by molar-refractivity contribution is 0.0710. The number of aromatic nitrogens is 3. The van der Waals surface area contributed by atoms with Crippen molar-refractivity contribution in [1.82, 2.24) is 25.2 Å². The summed E-state index contributed by atoms with van der Waals surface area (Å²) in [5.74, 6) is -0.616. The highest BCUT2D eigenvalue weighted by Gasteiger charge is 2.26. The van der Waals surface area contributed by atoms with Crippen LogP contribution in [0.3, 0.4) is 0 Å². The summed E-state index contributed by atoms with van der Waals surface area (Å²) in [5, 5.41) is 4.03. The number of aromatic amines is 1. The number of carbonyl (C=O) groups is 2. The molecule has 2 N–H and O–H groups in total. The zero-order valence-electron chi connectivity index (χ0n) is 15.8. The van der Waals surface area contributed by atoms with E-state index >= 15 is 0 Å². The minimum absolute atomic E-state index is 0.0765. The van der Waals surface area contributed by atoms with E-state index in [0.29, 0.717) is 13.1 Å². The lowest BCUT2D eigenvalue weighted by Gasteiger charge is -2.26. The van der Waals surface area contributed by atoms with Crippen molar-refractivity contribution < 1.29 is 9.59 Å². The van der Waals surface area contributed by atoms with Crippen molar-refractivity contribution in [2.75, 3.05) is 13.1 Å². The minimum Gasteiger partial charge on any atom is -0.361 e. The van der Waals surface area contributed by atoms with E-state index in [0.717, 1.165) is 35.7 Å². The Hall–Kier alpha value is -3.22. The summed E-state index contributed by atoms with van der Waals surface area (Å²) < 4.78 is 0. The van der Waals surface area contributed by atoms with Crippen molar-refractivity contribution >= 4 is 22.7 Å². The Morgan fingerprint density at radius 1 is 1.07 bits per heavy atom. The lowest BCUT2D eigenvalue weighted by atomic mass is 10.1. The Labute approximate surface area is 163 Å². The molecule has 28 heavy (non-hydrogen) atoms. The van der Waals surface area contributed by atoms with Crippen LogP contribution in [0.1, 0.15) is 58.8 Å². The van der Waals surface area contributed by atoms with Crippen LogP contribution in [0.15, 0.2) is 42.9 Å². The predicted molar refractivity (Wildman–Crippen MR) is 106 cm³/mol. The number of likely N-dealkylation sites (tertiary alicyclic amines) is 1. The molecule has 3 aromatic rings. The van der Waals surface area contributed by atoms with Gasteiger partial charge in [-0.3, -0.25) is 9.59 Å². The molecule has 3 heterocycles. The third-order valence-corrected chi connectivity index (χ3v) is 5.18. The molecular formula is C21H23N5O2. The average molecular weight is 377 g/mol. The van der Waals surface area contributed by atoms with E-state index in [2.05, 4.69) is 20.3 Å². The molecule has 0 unspecified atom stereocenters. The summed E-state index contributed by atoms with van der Waals surface area (Å²) in [7, 11) is 0. The fourth-order valence-electron chi connectivity index (χ4n) is 3.60. The second-order valence-electron chi connectivity index (χ2n) is 7.13. The summed E-state index contributed by atoms with van der Waals surface area (Å²) in [5.41, 5.74) is 2.22. The number of fused-ring (bicyclic) bond motifs is 1. The van der Waals surface area contributed by atoms with Gasteiger partial charge in [0.05, 0.1) is 6.04 Å². The molecule has 1 atom stereocenters. The largest absolute Gasteiger partial charge is 0.361 e. The molecule has 2 amide bonds. The van der Waals surface area contributed by atoms with Crippen molar-refractivity contribution in [3.05, 3.63) is 59.8 Å². The molecule has 7 heteroatoms. The van der Waals surface area contributed by atoms with Crippen LogP contribution in [0.2, 0.25) is 0 Å². The maximum Gasteiger partial charge on any atom is 0.274 e. The van der Waals surface area contributed by atoms with Gasteiger partial charge in [-0.05, 0) is 55.3 Å². The molecule has 0 bridgehead atoms. The third-order valence-electron chi connectivity index (χ3n) is 5.18. The second-order valence-corrected chi connectivity index (χ2v) is 7.13. The van der Waals surface area contributed by atoms with Crippen molar-refractivity contribution in [3.63, 3.8) is 0 Å². The number of amides is 2. The number of piperidine rings is 1. The molecule has 0 saturated carbocycles. The first kappa shape index (κ1) is 18.2. The van der Waals surface area contributed by atoms with Crippen molar-refractivity contribution in [1.29, 1.82) is 0 Å². The number of hydrogen-bond acceptors (Lipinski definition) is 4. The van der Waals surface area contributed by atoms with Crippen LogP contribution in [0, 0.1) is 0 Å². The van der Waals surface area contributed by atoms with Gasteiger partial charge in [0.2, 0.25) is 0 Å². The summed E-state index contributed by atoms with van der Waals surface area (Å²) in [6, 6.07) is 7.76. The van der Waals surface area contributed by atoms with E-state index in [1.54, 1.807) is 4.90 Å². The van der Waals surface area contributed by atoms with Crippen LogP contribution in [0.25, 0.3) is 10.9 Å². The molecule has 4 rings (SSSR count). The number of H-pyrrole nitrogens is 1. The van der Waals surface area contributed by atoms with Crippen LogP contribution in [-0.4, -0.2) is 44.8 Å². The molecule has 1 fully saturated rings. The maximum absolute atomic E-state index is 12.9. The van der Waals surface area contributed by atoms with Gasteiger partial charge in [-0.2, -0.15) is 0 Å². The molecule has 1 aliphatic heterocycles. The molecule has 0 spiro atoms. The van der Waals surface area contributed by atoms with Gasteiger partial charge in [-0.15, -0.1) is 0 Å². The topological polar surface area (TPSA) is 91.0 Å². The lowest BCUT2D eigenvalue weighted by Crippen LogP contribution is -2.38. The zero-order chi connectivity index (χ0) is 19.5. The van der Waals surface area contributed by atoms with Crippen molar-refractivity contribution in [2.45, 2.75) is 32.2 Å². The summed E-state index contributed by atoms with van der Waals surface area (Å²) >= 11 is 0. The predicted octanol–water partition coefficient (Wildman–Crippen LogP) is 3.08. The molecule has 7 nitrogen and oxygen atoms in total. The Morgan fingerprint density at radius 2 is 1.82 bits per heavy atom. The number of rotatable bonds is 4. The van der Waals surface area contributed by atoms with E-state index in [4.69, 9.17) is 0 Å². The Balaban J connectivity index is 1.53. The van der Waals surface area contributed by atoms with Crippen molar-refractivity contribution in [2.24, 2.45) is 0 Å². The van der Waals surface area contributed by atoms with Gasteiger partial charge in [0.1, 0.15) is 0 Å². The van der Waals surface area contributed by atoms with E-state index in [-0.39, 0.29) is 23.3 Å². The Kier molecular flexibility index (Phi) is 5.06. The van der Waals surface area contributed by atoms with Gasteiger partial charge in [-0.25, -0.2) is 9.97 Å². The quantitative estimate of drug-likeness (QED) is 0.731. The van der Waals surface area contributed by atoms with E-state index in [1.165, 1.54) is 12.4 Å². The van der Waals surface area contributed by atoms with Gasteiger partial charge in [-0.1, -0.05) is 6.07 Å². The van der Waals surface area contributed by atoms with Crippen LogP contribution in [0.5, 0.6) is 0 Å². The first-order valence-electron chi connectivity index (χ1n) is 9.61. The molecule has 2 aromatic heterocycles. The minimum atomic E-state index is -0.393. The third kappa shape index (κ3) is 3.60. The number of nitrogens with one attached hydrogen (secondary N) is 2. The number of benzene rings is 1. The van der Waals surface area contributed by atoms with E-state index in [9.17, 15) is 9.59 Å². The van der Waals surface area contributed by atoms with Gasteiger partial charge in [0.15, 0.2) is 11.4 Å². The van der Waals surface area contributed by atoms with Gasteiger partial charge in [0, 0.05) is 37.2 Å². The summed E-state index contributed by atoms with van der Waals surface area (Å²) in [6.07, 6.45) is 7.87. The Morgan fingerprint density at radius 3 is 2.61 bits per heavy atom. The highest BCUT2D eigenvalue weighted by atomic mass is 16.2.